The summed E-state index contributed by atoms with van der Waals surface area (Å²) in [5, 5.41) is 4.44. The van der Waals surface area contributed by atoms with E-state index in [1.807, 2.05) is 39.3 Å². The van der Waals surface area contributed by atoms with Gasteiger partial charge >= 0.3 is 0 Å². The van der Waals surface area contributed by atoms with Crippen molar-refractivity contribution >= 4 is 5.91 Å². The highest BCUT2D eigenvalue weighted by Crippen LogP contribution is 2.13. The van der Waals surface area contributed by atoms with Crippen LogP contribution in [0.2, 0.25) is 0 Å². The summed E-state index contributed by atoms with van der Waals surface area (Å²) in [6.45, 7) is 6.87. The molecule has 0 aliphatic heterocycles. The first kappa shape index (κ1) is 16.2. The van der Waals surface area contributed by atoms with Gasteiger partial charge in [0.05, 0.1) is 5.69 Å². The molecule has 0 N–H and O–H groups in total. The summed E-state index contributed by atoms with van der Waals surface area (Å²) >= 11 is 0. The number of pyridine rings is 1. The number of nitrogens with zero attached hydrogens (tertiary/aromatic N) is 4. The molecule has 5 nitrogen and oxygen atoms in total. The van der Waals surface area contributed by atoms with Crippen molar-refractivity contribution in [2.75, 3.05) is 7.05 Å². The normalized spacial score (nSPS) is 11.0. The van der Waals surface area contributed by atoms with Crippen molar-refractivity contribution in [2.24, 2.45) is 13.0 Å². The van der Waals surface area contributed by atoms with Crippen molar-refractivity contribution < 1.29 is 4.79 Å². The molecule has 2 rings (SSSR count). The molecule has 1 amide bonds. The monoisotopic (exact) mass is 300 g/mol. The Morgan fingerprint density at radius 1 is 1.41 bits per heavy atom. The fourth-order valence-electron chi connectivity index (χ4n) is 2.45. The Labute approximate surface area is 132 Å². The van der Waals surface area contributed by atoms with E-state index in [-0.39, 0.29) is 5.91 Å². The second-order valence-electron chi connectivity index (χ2n) is 6.21. The minimum atomic E-state index is -0.0128. The average molecular weight is 300 g/mol. The molecule has 0 spiro atoms. The molecule has 118 valence electrons. The van der Waals surface area contributed by atoms with Gasteiger partial charge in [-0.2, -0.15) is 5.10 Å². The van der Waals surface area contributed by atoms with E-state index in [0.29, 0.717) is 18.2 Å². The summed E-state index contributed by atoms with van der Waals surface area (Å²) < 4.78 is 1.68. The van der Waals surface area contributed by atoms with Gasteiger partial charge in [-0.15, -0.1) is 0 Å². The maximum Gasteiger partial charge on any atom is 0.272 e. The minimum absolute atomic E-state index is 0.0128. The van der Waals surface area contributed by atoms with Gasteiger partial charge in [0.2, 0.25) is 0 Å². The first-order valence-electron chi connectivity index (χ1n) is 7.56. The molecule has 0 saturated heterocycles. The SMILES string of the molecule is Cc1cnccc1CN(C)C(=O)c1cc(CC(C)C)nn1C. The van der Waals surface area contributed by atoms with Crippen LogP contribution in [0.25, 0.3) is 0 Å². The highest BCUT2D eigenvalue weighted by Gasteiger charge is 2.18. The van der Waals surface area contributed by atoms with Gasteiger partial charge in [-0.1, -0.05) is 13.8 Å². The lowest BCUT2D eigenvalue weighted by Crippen LogP contribution is -2.28. The summed E-state index contributed by atoms with van der Waals surface area (Å²) in [7, 11) is 3.64. The van der Waals surface area contributed by atoms with E-state index in [1.54, 1.807) is 15.8 Å². The molecular formula is C17H24N4O. The smallest absolute Gasteiger partial charge is 0.272 e. The zero-order valence-corrected chi connectivity index (χ0v) is 14.0. The molecule has 0 unspecified atom stereocenters. The van der Waals surface area contributed by atoms with E-state index in [4.69, 9.17) is 0 Å². The molecular weight excluding hydrogens is 276 g/mol. The summed E-state index contributed by atoms with van der Waals surface area (Å²) in [5.41, 5.74) is 3.79. The van der Waals surface area contributed by atoms with Gasteiger partial charge in [-0.3, -0.25) is 14.5 Å². The molecule has 2 heterocycles. The average Bonchev–Trinajstić information content (AvgIpc) is 2.80. The Bertz CT molecular complexity index is 660. The lowest BCUT2D eigenvalue weighted by molar-refractivity contribution is 0.0774. The molecule has 2 aromatic heterocycles. The van der Waals surface area contributed by atoms with Crippen molar-refractivity contribution in [1.82, 2.24) is 19.7 Å². The van der Waals surface area contributed by atoms with Crippen LogP contribution in [0, 0.1) is 12.8 Å². The molecule has 0 atom stereocenters. The highest BCUT2D eigenvalue weighted by molar-refractivity contribution is 5.92. The van der Waals surface area contributed by atoms with Crippen molar-refractivity contribution in [3.63, 3.8) is 0 Å². The summed E-state index contributed by atoms with van der Waals surface area (Å²) in [6, 6.07) is 3.85. The van der Waals surface area contributed by atoms with Gasteiger partial charge in [-0.05, 0) is 42.5 Å². The molecule has 0 radical (unpaired) electrons. The van der Waals surface area contributed by atoms with Crippen LogP contribution >= 0.6 is 0 Å². The summed E-state index contributed by atoms with van der Waals surface area (Å²) in [5.74, 6) is 0.510. The van der Waals surface area contributed by atoms with Crippen molar-refractivity contribution in [3.05, 3.63) is 47.0 Å². The van der Waals surface area contributed by atoms with Crippen LogP contribution in [0.4, 0.5) is 0 Å². The maximum atomic E-state index is 12.6. The number of carbonyl (C=O) groups excluding carboxylic acids is 1. The molecule has 0 aliphatic rings. The van der Waals surface area contributed by atoms with Gasteiger partial charge in [0.15, 0.2) is 0 Å². The van der Waals surface area contributed by atoms with Crippen LogP contribution in [0.3, 0.4) is 0 Å². The number of hydrogen-bond donors (Lipinski definition) is 0. The minimum Gasteiger partial charge on any atom is -0.336 e. The Hall–Kier alpha value is -2.17. The van der Waals surface area contributed by atoms with Crippen molar-refractivity contribution in [3.8, 4) is 0 Å². The second-order valence-corrected chi connectivity index (χ2v) is 6.21. The Morgan fingerprint density at radius 3 is 2.77 bits per heavy atom. The molecule has 2 aromatic rings. The number of amides is 1. The molecule has 0 fully saturated rings. The third-order valence-electron chi connectivity index (χ3n) is 3.66. The molecule has 0 aromatic carbocycles. The third-order valence-corrected chi connectivity index (χ3v) is 3.66. The summed E-state index contributed by atoms with van der Waals surface area (Å²) in [6.07, 6.45) is 4.46. The Kier molecular flexibility index (Phi) is 4.96. The number of hydrogen-bond acceptors (Lipinski definition) is 3. The molecule has 0 aliphatic carbocycles. The lowest BCUT2D eigenvalue weighted by atomic mass is 10.1. The zero-order valence-electron chi connectivity index (χ0n) is 14.0. The highest BCUT2D eigenvalue weighted by atomic mass is 16.2. The lowest BCUT2D eigenvalue weighted by Gasteiger charge is -2.18. The molecule has 22 heavy (non-hydrogen) atoms. The topological polar surface area (TPSA) is 51.0 Å². The number of carbonyl (C=O) groups is 1. The third kappa shape index (κ3) is 3.72. The van der Waals surface area contributed by atoms with E-state index in [1.165, 1.54) is 0 Å². The zero-order chi connectivity index (χ0) is 16.3. The van der Waals surface area contributed by atoms with Crippen LogP contribution in [0.5, 0.6) is 0 Å². The Balaban J connectivity index is 2.14. The van der Waals surface area contributed by atoms with E-state index >= 15 is 0 Å². The van der Waals surface area contributed by atoms with Crippen LogP contribution in [0.1, 0.15) is 41.2 Å². The first-order valence-corrected chi connectivity index (χ1v) is 7.56. The Morgan fingerprint density at radius 2 is 2.14 bits per heavy atom. The largest absolute Gasteiger partial charge is 0.336 e. The second kappa shape index (κ2) is 6.73. The van der Waals surface area contributed by atoms with Crippen LogP contribution < -0.4 is 0 Å². The van der Waals surface area contributed by atoms with Gasteiger partial charge in [0, 0.05) is 33.0 Å². The number of aryl methyl sites for hydroxylation is 2. The van der Waals surface area contributed by atoms with Gasteiger partial charge in [-0.25, -0.2) is 0 Å². The van der Waals surface area contributed by atoms with E-state index in [0.717, 1.165) is 23.2 Å². The fraction of sp³-hybridized carbons (Fsp3) is 0.471. The van der Waals surface area contributed by atoms with Crippen LogP contribution in [0.15, 0.2) is 24.5 Å². The number of rotatable bonds is 5. The summed E-state index contributed by atoms with van der Waals surface area (Å²) in [4.78, 5) is 18.4. The number of aromatic nitrogens is 3. The molecule has 5 heteroatoms. The first-order chi connectivity index (χ1) is 10.4. The fourth-order valence-corrected chi connectivity index (χ4v) is 2.45. The maximum absolute atomic E-state index is 12.6. The van der Waals surface area contributed by atoms with E-state index in [9.17, 15) is 4.79 Å². The van der Waals surface area contributed by atoms with Crippen LogP contribution in [-0.4, -0.2) is 32.6 Å². The van der Waals surface area contributed by atoms with E-state index < -0.39 is 0 Å². The van der Waals surface area contributed by atoms with Gasteiger partial charge in [0.1, 0.15) is 5.69 Å². The predicted molar refractivity (Wildman–Crippen MR) is 86.5 cm³/mol. The predicted octanol–water partition coefficient (Wildman–Crippen LogP) is 2.59. The van der Waals surface area contributed by atoms with Crippen LogP contribution in [-0.2, 0) is 20.0 Å². The van der Waals surface area contributed by atoms with Gasteiger partial charge < -0.3 is 4.90 Å². The quantitative estimate of drug-likeness (QED) is 0.853. The van der Waals surface area contributed by atoms with Crippen molar-refractivity contribution in [1.29, 1.82) is 0 Å². The molecule has 0 bridgehead atoms. The molecule has 0 saturated carbocycles. The standard InChI is InChI=1S/C17H24N4O/c1-12(2)8-15-9-16(21(5)19-15)17(22)20(4)11-14-6-7-18-10-13(14)3/h6-7,9-10,12H,8,11H2,1-5H3. The van der Waals surface area contributed by atoms with Gasteiger partial charge in [0.25, 0.3) is 5.91 Å². The van der Waals surface area contributed by atoms with E-state index in [2.05, 4.69) is 23.9 Å². The van der Waals surface area contributed by atoms with Crippen molar-refractivity contribution in [2.45, 2.75) is 33.7 Å².